The van der Waals surface area contributed by atoms with Crippen molar-refractivity contribution in [2.45, 2.75) is 23.4 Å². The lowest BCUT2D eigenvalue weighted by Crippen LogP contribution is -2.01. The maximum absolute atomic E-state index is 4.41. The van der Waals surface area contributed by atoms with Crippen LogP contribution in [-0.4, -0.2) is 27.0 Å². The number of para-hydroxylation sites is 1. The summed E-state index contributed by atoms with van der Waals surface area (Å²) in [6.07, 6.45) is 4.04. The molecule has 0 bridgehead atoms. The second-order valence-electron chi connectivity index (χ2n) is 4.41. The van der Waals surface area contributed by atoms with Crippen LogP contribution in [0.15, 0.2) is 47.0 Å². The Kier molecular flexibility index (Phi) is 3.96. The molecule has 1 N–H and O–H groups in total. The fourth-order valence-electron chi connectivity index (χ4n) is 2.17. The van der Waals surface area contributed by atoms with Crippen LogP contribution in [0.3, 0.4) is 0 Å². The summed E-state index contributed by atoms with van der Waals surface area (Å²) in [4.78, 5) is 17.4. The topological polar surface area (TPSA) is 63.6 Å². The molecule has 2 heterocycles. The van der Waals surface area contributed by atoms with Gasteiger partial charge in [0.25, 0.3) is 0 Å². The quantitative estimate of drug-likeness (QED) is 0.746. The molecular formula is C15H15N5S. The van der Waals surface area contributed by atoms with Crippen LogP contribution >= 0.6 is 11.8 Å². The lowest BCUT2D eigenvalue weighted by molar-refractivity contribution is 0.943. The van der Waals surface area contributed by atoms with Crippen LogP contribution in [0.2, 0.25) is 0 Å². The Bertz CT molecular complexity index is 770. The van der Waals surface area contributed by atoms with Gasteiger partial charge in [0, 0.05) is 18.0 Å². The summed E-state index contributed by atoms with van der Waals surface area (Å²) >= 11 is 1.56. The molecule has 0 unspecified atom stereocenters. The maximum atomic E-state index is 4.41. The molecule has 0 saturated carbocycles. The fraction of sp³-hybridized carbons (Fsp3) is 0.200. The number of aromatic nitrogens is 4. The van der Waals surface area contributed by atoms with Crippen LogP contribution in [0.1, 0.15) is 12.5 Å². The van der Waals surface area contributed by atoms with Crippen molar-refractivity contribution in [2.75, 3.05) is 12.4 Å². The van der Waals surface area contributed by atoms with Gasteiger partial charge in [-0.1, -0.05) is 25.1 Å². The van der Waals surface area contributed by atoms with Crippen LogP contribution in [0.5, 0.6) is 0 Å². The third-order valence-corrected chi connectivity index (χ3v) is 4.26. The van der Waals surface area contributed by atoms with Gasteiger partial charge in [0.1, 0.15) is 28.5 Å². The van der Waals surface area contributed by atoms with Crippen molar-refractivity contribution in [1.29, 1.82) is 0 Å². The molecule has 0 atom stereocenters. The number of benzene rings is 1. The highest BCUT2D eigenvalue weighted by Crippen LogP contribution is 2.33. The van der Waals surface area contributed by atoms with Crippen molar-refractivity contribution in [3.05, 3.63) is 42.5 Å². The predicted octanol–water partition coefficient (Wildman–Crippen LogP) is 3.18. The van der Waals surface area contributed by atoms with Crippen LogP contribution in [0.4, 0.5) is 5.82 Å². The van der Waals surface area contributed by atoms with Gasteiger partial charge < -0.3 is 5.32 Å². The monoisotopic (exact) mass is 297 g/mol. The highest BCUT2D eigenvalue weighted by molar-refractivity contribution is 7.99. The SMILES string of the molecule is CCc1c(NC)ncnc1Sc1ncnc2ccccc12. The molecule has 0 aliphatic rings. The smallest absolute Gasteiger partial charge is 0.133 e. The summed E-state index contributed by atoms with van der Waals surface area (Å²) in [6.45, 7) is 2.10. The Balaban J connectivity index is 2.07. The average molecular weight is 297 g/mol. The standard InChI is InChI=1S/C15H15N5S/c1-3-10-13(16-2)18-9-20-14(10)21-15-11-6-4-5-7-12(11)17-8-19-15/h4-9H,3H2,1-2H3,(H,16,18,20). The molecule has 0 fully saturated rings. The second kappa shape index (κ2) is 6.05. The van der Waals surface area contributed by atoms with E-state index < -0.39 is 0 Å². The van der Waals surface area contributed by atoms with Crippen molar-refractivity contribution in [3.8, 4) is 0 Å². The van der Waals surface area contributed by atoms with Gasteiger partial charge in [-0.3, -0.25) is 0 Å². The van der Waals surface area contributed by atoms with Gasteiger partial charge >= 0.3 is 0 Å². The van der Waals surface area contributed by atoms with E-state index in [-0.39, 0.29) is 0 Å². The van der Waals surface area contributed by atoms with Crippen molar-refractivity contribution in [1.82, 2.24) is 19.9 Å². The molecule has 0 aliphatic heterocycles. The number of nitrogens with one attached hydrogen (secondary N) is 1. The Morgan fingerprint density at radius 2 is 1.76 bits per heavy atom. The number of hydrogen-bond donors (Lipinski definition) is 1. The fourth-order valence-corrected chi connectivity index (χ4v) is 3.20. The summed E-state index contributed by atoms with van der Waals surface area (Å²) < 4.78 is 0. The maximum Gasteiger partial charge on any atom is 0.133 e. The molecule has 2 aromatic heterocycles. The number of anilines is 1. The predicted molar refractivity (Wildman–Crippen MR) is 84.6 cm³/mol. The van der Waals surface area contributed by atoms with Gasteiger partial charge in [-0.25, -0.2) is 19.9 Å². The summed E-state index contributed by atoms with van der Waals surface area (Å²) in [5.74, 6) is 0.869. The molecule has 6 heteroatoms. The molecule has 3 aromatic rings. The van der Waals surface area contributed by atoms with E-state index in [0.717, 1.165) is 38.8 Å². The summed E-state index contributed by atoms with van der Waals surface area (Å²) in [5.41, 5.74) is 2.05. The molecule has 106 valence electrons. The van der Waals surface area contributed by atoms with Gasteiger partial charge in [-0.2, -0.15) is 0 Å². The Morgan fingerprint density at radius 3 is 2.57 bits per heavy atom. The van der Waals surface area contributed by atoms with Crippen LogP contribution in [-0.2, 0) is 6.42 Å². The van der Waals surface area contributed by atoms with E-state index in [1.54, 1.807) is 24.4 Å². The van der Waals surface area contributed by atoms with Gasteiger partial charge in [0.2, 0.25) is 0 Å². The second-order valence-corrected chi connectivity index (χ2v) is 5.39. The van der Waals surface area contributed by atoms with Crippen LogP contribution in [0.25, 0.3) is 10.9 Å². The van der Waals surface area contributed by atoms with Crippen molar-refractivity contribution < 1.29 is 0 Å². The minimum Gasteiger partial charge on any atom is -0.373 e. The van der Waals surface area contributed by atoms with E-state index in [1.165, 1.54) is 0 Å². The van der Waals surface area contributed by atoms with E-state index in [2.05, 4.69) is 32.2 Å². The largest absolute Gasteiger partial charge is 0.373 e. The third kappa shape index (κ3) is 2.67. The van der Waals surface area contributed by atoms with Gasteiger partial charge in [0.05, 0.1) is 5.52 Å². The molecule has 0 aliphatic carbocycles. The van der Waals surface area contributed by atoms with Gasteiger partial charge in [-0.05, 0) is 24.2 Å². The Hall–Kier alpha value is -2.21. The molecule has 5 nitrogen and oxygen atoms in total. The highest BCUT2D eigenvalue weighted by atomic mass is 32.2. The van der Waals surface area contributed by atoms with Gasteiger partial charge in [0.15, 0.2) is 0 Å². The molecule has 0 spiro atoms. The molecular weight excluding hydrogens is 282 g/mol. The van der Waals surface area contributed by atoms with Crippen molar-refractivity contribution in [3.63, 3.8) is 0 Å². The Morgan fingerprint density at radius 1 is 1.00 bits per heavy atom. The first-order chi connectivity index (χ1) is 10.3. The van der Waals surface area contributed by atoms with Gasteiger partial charge in [-0.15, -0.1) is 0 Å². The van der Waals surface area contributed by atoms with E-state index in [1.807, 2.05) is 31.3 Å². The normalized spacial score (nSPS) is 10.8. The van der Waals surface area contributed by atoms with E-state index in [0.29, 0.717) is 0 Å². The zero-order valence-corrected chi connectivity index (χ0v) is 12.7. The molecule has 21 heavy (non-hydrogen) atoms. The first-order valence-electron chi connectivity index (χ1n) is 6.72. The minimum absolute atomic E-state index is 0.863. The van der Waals surface area contributed by atoms with Crippen LogP contribution in [0, 0.1) is 0 Å². The molecule has 0 radical (unpaired) electrons. The number of fused-ring (bicyclic) bond motifs is 1. The first-order valence-corrected chi connectivity index (χ1v) is 7.54. The number of rotatable bonds is 4. The Labute approximate surface area is 127 Å². The molecule has 0 saturated heterocycles. The lowest BCUT2D eigenvalue weighted by Gasteiger charge is -2.10. The highest BCUT2D eigenvalue weighted by Gasteiger charge is 2.12. The lowest BCUT2D eigenvalue weighted by atomic mass is 10.2. The molecule has 3 rings (SSSR count). The van der Waals surface area contributed by atoms with Crippen molar-refractivity contribution >= 4 is 28.5 Å². The van der Waals surface area contributed by atoms with E-state index in [4.69, 9.17) is 0 Å². The summed E-state index contributed by atoms with van der Waals surface area (Å²) in [5, 5.41) is 6.00. The zero-order valence-electron chi connectivity index (χ0n) is 11.9. The average Bonchev–Trinajstić information content (AvgIpc) is 2.55. The molecule has 1 aromatic carbocycles. The number of nitrogens with zero attached hydrogens (tertiary/aromatic N) is 4. The minimum atomic E-state index is 0.863. The zero-order chi connectivity index (χ0) is 14.7. The third-order valence-electron chi connectivity index (χ3n) is 3.20. The molecule has 0 amide bonds. The first kappa shape index (κ1) is 13.8. The summed E-state index contributed by atoms with van der Waals surface area (Å²) in [7, 11) is 1.87. The van der Waals surface area contributed by atoms with Crippen LogP contribution < -0.4 is 5.32 Å². The number of hydrogen-bond acceptors (Lipinski definition) is 6. The van der Waals surface area contributed by atoms with E-state index >= 15 is 0 Å². The van der Waals surface area contributed by atoms with E-state index in [9.17, 15) is 0 Å². The van der Waals surface area contributed by atoms with Crippen molar-refractivity contribution in [2.24, 2.45) is 0 Å². The summed E-state index contributed by atoms with van der Waals surface area (Å²) in [6, 6.07) is 7.99.